The largest absolute Gasteiger partial charge is 0.347 e. The Bertz CT molecular complexity index is 450. The molecule has 1 aromatic heterocycles. The molecular weight excluding hydrogens is 270 g/mol. The molecule has 0 aliphatic rings. The van der Waals surface area contributed by atoms with E-state index in [4.69, 9.17) is 0 Å². The first-order chi connectivity index (χ1) is 7.31. The molecule has 0 atom stereocenters. The third kappa shape index (κ3) is 2.58. The molecule has 0 aliphatic carbocycles. The van der Waals surface area contributed by atoms with Gasteiger partial charge in [-0.15, -0.1) is 0 Å². The van der Waals surface area contributed by atoms with E-state index in [1.807, 2.05) is 11.8 Å². The predicted octanol–water partition coefficient (Wildman–Crippen LogP) is 4.16. The Morgan fingerprint density at radius 2 is 2.20 bits per heavy atom. The molecule has 0 spiro atoms. The second-order valence-corrected chi connectivity index (χ2v) is 5.46. The molecule has 0 N–H and O–H groups in total. The minimum absolute atomic E-state index is 1.11. The van der Waals surface area contributed by atoms with Crippen molar-refractivity contribution in [3.63, 3.8) is 0 Å². The molecule has 0 aliphatic heterocycles. The Hall–Kier alpha value is -0.410. The number of benzene rings is 1. The summed E-state index contributed by atoms with van der Waals surface area (Å²) in [6.45, 7) is 1.11. The van der Waals surface area contributed by atoms with Gasteiger partial charge in [0.25, 0.3) is 0 Å². The molecule has 3 heteroatoms. The maximum atomic E-state index is 3.52. The van der Waals surface area contributed by atoms with Gasteiger partial charge in [-0.2, -0.15) is 11.8 Å². The molecule has 0 saturated heterocycles. The van der Waals surface area contributed by atoms with Crippen LogP contribution < -0.4 is 0 Å². The van der Waals surface area contributed by atoms with Crippen LogP contribution >= 0.6 is 27.7 Å². The van der Waals surface area contributed by atoms with Crippen molar-refractivity contribution >= 4 is 38.6 Å². The van der Waals surface area contributed by atoms with Gasteiger partial charge < -0.3 is 4.57 Å². The normalized spacial score (nSPS) is 11.1. The quantitative estimate of drug-likeness (QED) is 0.763. The van der Waals surface area contributed by atoms with Crippen LogP contribution in [0.4, 0.5) is 0 Å². The van der Waals surface area contributed by atoms with Gasteiger partial charge in [0.1, 0.15) is 0 Å². The van der Waals surface area contributed by atoms with Gasteiger partial charge in [0.15, 0.2) is 0 Å². The van der Waals surface area contributed by atoms with Gasteiger partial charge in [-0.1, -0.05) is 22.0 Å². The Kier molecular flexibility index (Phi) is 3.76. The van der Waals surface area contributed by atoms with E-state index < -0.39 is 0 Å². The van der Waals surface area contributed by atoms with E-state index in [1.165, 1.54) is 23.1 Å². The van der Waals surface area contributed by atoms with Crippen molar-refractivity contribution in [1.29, 1.82) is 0 Å². The van der Waals surface area contributed by atoms with Gasteiger partial charge >= 0.3 is 0 Å². The summed E-state index contributed by atoms with van der Waals surface area (Å²) in [4.78, 5) is 0. The molecular formula is C12H14BrNS. The Labute approximate surface area is 103 Å². The second-order valence-electron chi connectivity index (χ2n) is 3.56. The highest BCUT2D eigenvalue weighted by Gasteiger charge is 2.00. The minimum Gasteiger partial charge on any atom is -0.347 e. The third-order valence-corrected chi connectivity index (χ3v) is 3.67. The molecule has 1 nitrogen and oxygen atoms in total. The van der Waals surface area contributed by atoms with Crippen molar-refractivity contribution in [3.05, 3.63) is 34.9 Å². The zero-order chi connectivity index (χ0) is 10.7. The first-order valence-electron chi connectivity index (χ1n) is 5.04. The zero-order valence-corrected chi connectivity index (χ0v) is 11.1. The molecule has 0 fully saturated rings. The molecule has 1 aromatic carbocycles. The van der Waals surface area contributed by atoms with Crippen molar-refractivity contribution in [1.82, 2.24) is 4.57 Å². The smallest absolute Gasteiger partial charge is 0.0491 e. The average molecular weight is 284 g/mol. The van der Waals surface area contributed by atoms with Gasteiger partial charge in [0.05, 0.1) is 0 Å². The highest BCUT2D eigenvalue weighted by Crippen LogP contribution is 2.21. The lowest BCUT2D eigenvalue weighted by molar-refractivity contribution is 0.709. The van der Waals surface area contributed by atoms with E-state index in [-0.39, 0.29) is 0 Å². The van der Waals surface area contributed by atoms with Crippen molar-refractivity contribution in [3.8, 4) is 0 Å². The predicted molar refractivity (Wildman–Crippen MR) is 72.6 cm³/mol. The number of halogens is 1. The topological polar surface area (TPSA) is 4.93 Å². The van der Waals surface area contributed by atoms with Crippen LogP contribution in [0.15, 0.2) is 34.9 Å². The summed E-state index contributed by atoms with van der Waals surface area (Å²) in [6, 6.07) is 8.62. The standard InChI is InChI=1S/C12H14BrNS/c1-15-8-2-6-14-7-5-10-3-4-11(13)9-12(10)14/h3-5,7,9H,2,6,8H2,1H3. The number of rotatable bonds is 4. The molecule has 0 radical (unpaired) electrons. The van der Waals surface area contributed by atoms with Crippen molar-refractivity contribution < 1.29 is 0 Å². The van der Waals surface area contributed by atoms with E-state index in [1.54, 1.807) is 0 Å². The molecule has 0 saturated carbocycles. The molecule has 80 valence electrons. The molecule has 15 heavy (non-hydrogen) atoms. The lowest BCUT2D eigenvalue weighted by Crippen LogP contribution is -1.96. The summed E-state index contributed by atoms with van der Waals surface area (Å²) in [5, 5.41) is 1.32. The Morgan fingerprint density at radius 1 is 1.33 bits per heavy atom. The zero-order valence-electron chi connectivity index (χ0n) is 8.74. The van der Waals surface area contributed by atoms with Crippen molar-refractivity contribution in [2.75, 3.05) is 12.0 Å². The van der Waals surface area contributed by atoms with Crippen LogP contribution in [0.2, 0.25) is 0 Å². The number of aromatic nitrogens is 1. The van der Waals surface area contributed by atoms with E-state index in [0.29, 0.717) is 0 Å². The van der Waals surface area contributed by atoms with Gasteiger partial charge in [-0.25, -0.2) is 0 Å². The first kappa shape index (κ1) is 11.1. The SMILES string of the molecule is CSCCCn1ccc2ccc(Br)cc21. The second kappa shape index (κ2) is 5.08. The van der Waals surface area contributed by atoms with Gasteiger partial charge in [0, 0.05) is 22.7 Å². The van der Waals surface area contributed by atoms with Crippen LogP contribution in [-0.2, 0) is 6.54 Å². The molecule has 0 unspecified atom stereocenters. The molecule has 1 heterocycles. The summed E-state index contributed by atoms with van der Waals surface area (Å²) in [5.41, 5.74) is 1.32. The van der Waals surface area contributed by atoms with E-state index in [9.17, 15) is 0 Å². The van der Waals surface area contributed by atoms with Crippen LogP contribution in [0.3, 0.4) is 0 Å². The maximum absolute atomic E-state index is 3.52. The molecule has 0 amide bonds. The number of fused-ring (bicyclic) bond motifs is 1. The fraction of sp³-hybridized carbons (Fsp3) is 0.333. The summed E-state index contributed by atoms with van der Waals surface area (Å²) in [6.07, 6.45) is 5.57. The van der Waals surface area contributed by atoms with E-state index in [2.05, 4.69) is 57.2 Å². The average Bonchev–Trinajstić information content (AvgIpc) is 2.62. The monoisotopic (exact) mass is 283 g/mol. The highest BCUT2D eigenvalue weighted by atomic mass is 79.9. The van der Waals surface area contributed by atoms with Crippen molar-refractivity contribution in [2.45, 2.75) is 13.0 Å². The number of nitrogens with zero attached hydrogens (tertiary/aromatic N) is 1. The van der Waals surface area contributed by atoms with Crippen LogP contribution in [0.5, 0.6) is 0 Å². The fourth-order valence-electron chi connectivity index (χ4n) is 1.73. The third-order valence-electron chi connectivity index (χ3n) is 2.48. The highest BCUT2D eigenvalue weighted by molar-refractivity contribution is 9.10. The Balaban J connectivity index is 2.23. The van der Waals surface area contributed by atoms with Gasteiger partial charge in [0.2, 0.25) is 0 Å². The van der Waals surface area contributed by atoms with Gasteiger partial charge in [-0.05, 0) is 42.0 Å². The summed E-state index contributed by atoms with van der Waals surface area (Å²) in [5.74, 6) is 1.23. The number of hydrogen-bond acceptors (Lipinski definition) is 1. The first-order valence-corrected chi connectivity index (χ1v) is 7.23. The number of hydrogen-bond donors (Lipinski definition) is 0. The van der Waals surface area contributed by atoms with Crippen LogP contribution in [0.25, 0.3) is 10.9 Å². The van der Waals surface area contributed by atoms with Crippen LogP contribution in [0, 0.1) is 0 Å². The Morgan fingerprint density at radius 3 is 3.00 bits per heavy atom. The van der Waals surface area contributed by atoms with E-state index in [0.717, 1.165) is 11.0 Å². The summed E-state index contributed by atoms with van der Waals surface area (Å²) >= 11 is 5.43. The fourth-order valence-corrected chi connectivity index (χ4v) is 2.50. The number of aryl methyl sites for hydroxylation is 1. The van der Waals surface area contributed by atoms with Crippen LogP contribution in [0.1, 0.15) is 6.42 Å². The summed E-state index contributed by atoms with van der Waals surface area (Å²) in [7, 11) is 0. The minimum atomic E-state index is 1.11. The summed E-state index contributed by atoms with van der Waals surface area (Å²) < 4.78 is 3.48. The number of thioether (sulfide) groups is 1. The lowest BCUT2D eigenvalue weighted by atomic mass is 10.2. The van der Waals surface area contributed by atoms with Crippen LogP contribution in [-0.4, -0.2) is 16.6 Å². The van der Waals surface area contributed by atoms with Gasteiger partial charge in [-0.3, -0.25) is 0 Å². The molecule has 2 aromatic rings. The maximum Gasteiger partial charge on any atom is 0.0491 e. The molecule has 2 rings (SSSR count). The van der Waals surface area contributed by atoms with Crippen molar-refractivity contribution in [2.24, 2.45) is 0 Å². The van der Waals surface area contributed by atoms with E-state index >= 15 is 0 Å². The molecule has 0 bridgehead atoms. The lowest BCUT2D eigenvalue weighted by Gasteiger charge is -2.04.